The Bertz CT molecular complexity index is 522. The lowest BCUT2D eigenvalue weighted by atomic mass is 10.2. The van der Waals surface area contributed by atoms with Crippen LogP contribution in [0.25, 0.3) is 0 Å². The maximum Gasteiger partial charge on any atom is 0.191 e. The molecule has 1 fully saturated rings. The summed E-state index contributed by atoms with van der Waals surface area (Å²) in [4.78, 5) is 4.56. The molecule has 1 aromatic carbocycles. The lowest BCUT2D eigenvalue weighted by Crippen LogP contribution is -2.39. The molecular weight excluding hydrogens is 320 g/mol. The predicted octanol–water partition coefficient (Wildman–Crippen LogP) is 2.79. The molecule has 0 saturated carbocycles. The van der Waals surface area contributed by atoms with Gasteiger partial charge < -0.3 is 15.4 Å². The molecule has 2 N–H and O–H groups in total. The molecule has 1 aromatic rings. The molecule has 7 heteroatoms. The summed E-state index contributed by atoms with van der Waals surface area (Å²) in [7, 11) is 0. The van der Waals surface area contributed by atoms with Crippen LogP contribution in [-0.2, 0) is 0 Å². The molecule has 1 saturated heterocycles. The average Bonchev–Trinajstić information content (AvgIpc) is 3.04. The van der Waals surface area contributed by atoms with E-state index >= 15 is 0 Å². The molecule has 0 bridgehead atoms. The third-order valence-electron chi connectivity index (χ3n) is 3.37. The number of benzene rings is 1. The van der Waals surface area contributed by atoms with Crippen LogP contribution < -0.4 is 15.4 Å². The van der Waals surface area contributed by atoms with Crippen LogP contribution in [0, 0.1) is 11.6 Å². The number of aliphatic imine (C=N–C) groups is 1. The van der Waals surface area contributed by atoms with E-state index in [1.54, 1.807) is 0 Å². The Morgan fingerprint density at radius 2 is 2.26 bits per heavy atom. The molecular formula is C16H23F2N3OS. The maximum atomic E-state index is 13.4. The normalized spacial score (nSPS) is 18.0. The number of guanidine groups is 1. The van der Waals surface area contributed by atoms with E-state index in [1.165, 1.54) is 30.7 Å². The molecule has 0 radical (unpaired) electrons. The van der Waals surface area contributed by atoms with Gasteiger partial charge in [0.1, 0.15) is 12.4 Å². The van der Waals surface area contributed by atoms with Crippen LogP contribution in [0.2, 0.25) is 0 Å². The van der Waals surface area contributed by atoms with E-state index in [0.29, 0.717) is 11.8 Å². The van der Waals surface area contributed by atoms with Crippen molar-refractivity contribution in [3.63, 3.8) is 0 Å². The number of rotatable bonds is 7. The van der Waals surface area contributed by atoms with Crippen molar-refractivity contribution in [1.29, 1.82) is 0 Å². The second-order valence-electron chi connectivity index (χ2n) is 5.20. The van der Waals surface area contributed by atoms with Crippen molar-refractivity contribution >= 4 is 17.7 Å². The third-order valence-corrected chi connectivity index (χ3v) is 4.75. The van der Waals surface area contributed by atoms with Gasteiger partial charge in [0.2, 0.25) is 0 Å². The molecule has 1 unspecified atom stereocenters. The number of halogens is 2. The molecule has 0 aromatic heterocycles. The summed E-state index contributed by atoms with van der Waals surface area (Å²) in [6.07, 6.45) is 2.49. The van der Waals surface area contributed by atoms with E-state index in [-0.39, 0.29) is 12.4 Å². The van der Waals surface area contributed by atoms with E-state index in [2.05, 4.69) is 15.6 Å². The van der Waals surface area contributed by atoms with Crippen molar-refractivity contribution in [2.75, 3.05) is 32.0 Å². The second kappa shape index (κ2) is 9.60. The lowest BCUT2D eigenvalue weighted by Gasteiger charge is -2.13. The van der Waals surface area contributed by atoms with Gasteiger partial charge in [-0.25, -0.2) is 8.78 Å². The number of nitrogens with one attached hydrogen (secondary N) is 2. The zero-order valence-electron chi connectivity index (χ0n) is 13.3. The molecule has 0 spiro atoms. The van der Waals surface area contributed by atoms with Gasteiger partial charge in [0, 0.05) is 17.9 Å². The Labute approximate surface area is 140 Å². The summed E-state index contributed by atoms with van der Waals surface area (Å²) in [6.45, 7) is 4.34. The zero-order valence-corrected chi connectivity index (χ0v) is 14.1. The minimum atomic E-state index is -0.691. The molecule has 23 heavy (non-hydrogen) atoms. The third kappa shape index (κ3) is 6.25. The van der Waals surface area contributed by atoms with Crippen molar-refractivity contribution in [3.8, 4) is 5.75 Å². The van der Waals surface area contributed by atoms with Crippen molar-refractivity contribution < 1.29 is 13.5 Å². The van der Waals surface area contributed by atoms with Gasteiger partial charge in [-0.1, -0.05) is 0 Å². The Balaban J connectivity index is 1.73. The van der Waals surface area contributed by atoms with Crippen molar-refractivity contribution in [3.05, 3.63) is 29.8 Å². The highest BCUT2D eigenvalue weighted by atomic mass is 32.2. The minimum absolute atomic E-state index is 0.0532. The van der Waals surface area contributed by atoms with Gasteiger partial charge in [-0.2, -0.15) is 11.8 Å². The van der Waals surface area contributed by atoms with Gasteiger partial charge in [0.25, 0.3) is 0 Å². The fraction of sp³-hybridized carbons (Fsp3) is 0.562. The van der Waals surface area contributed by atoms with Gasteiger partial charge in [-0.3, -0.25) is 4.99 Å². The van der Waals surface area contributed by atoms with Crippen molar-refractivity contribution in [2.45, 2.75) is 25.0 Å². The van der Waals surface area contributed by atoms with Crippen LogP contribution in [-0.4, -0.2) is 43.2 Å². The van der Waals surface area contributed by atoms with E-state index in [4.69, 9.17) is 4.74 Å². The highest BCUT2D eigenvalue weighted by Gasteiger charge is 2.14. The molecule has 128 valence electrons. The van der Waals surface area contributed by atoms with E-state index in [1.807, 2.05) is 18.7 Å². The van der Waals surface area contributed by atoms with Gasteiger partial charge in [0.05, 0.1) is 13.1 Å². The fourth-order valence-electron chi connectivity index (χ4n) is 2.25. The second-order valence-corrected chi connectivity index (χ2v) is 6.61. The smallest absolute Gasteiger partial charge is 0.191 e. The molecule has 1 heterocycles. The first kappa shape index (κ1) is 17.8. The average molecular weight is 343 g/mol. The van der Waals surface area contributed by atoms with Crippen molar-refractivity contribution in [1.82, 2.24) is 10.6 Å². The summed E-state index contributed by atoms with van der Waals surface area (Å²) in [5.74, 6) is 0.713. The summed E-state index contributed by atoms with van der Waals surface area (Å²) in [6, 6.07) is 3.28. The van der Waals surface area contributed by atoms with Gasteiger partial charge in [-0.05, 0) is 37.7 Å². The van der Waals surface area contributed by atoms with Crippen LogP contribution in [0.4, 0.5) is 8.78 Å². The summed E-state index contributed by atoms with van der Waals surface area (Å²) in [5.41, 5.74) is 0. The molecule has 1 aliphatic heterocycles. The SMILES string of the molecule is CCNC(=NCC1CCCS1)NCCOc1ccc(F)cc1F. The first-order valence-electron chi connectivity index (χ1n) is 7.90. The van der Waals surface area contributed by atoms with Crippen LogP contribution in [0.1, 0.15) is 19.8 Å². The van der Waals surface area contributed by atoms with Gasteiger partial charge in [-0.15, -0.1) is 0 Å². The van der Waals surface area contributed by atoms with Crippen molar-refractivity contribution in [2.24, 2.45) is 4.99 Å². The van der Waals surface area contributed by atoms with E-state index in [9.17, 15) is 8.78 Å². The maximum absolute atomic E-state index is 13.4. The molecule has 4 nitrogen and oxygen atoms in total. The number of hydrogen-bond donors (Lipinski definition) is 2. The van der Waals surface area contributed by atoms with E-state index in [0.717, 1.165) is 25.1 Å². The highest BCUT2D eigenvalue weighted by Crippen LogP contribution is 2.26. The van der Waals surface area contributed by atoms with Gasteiger partial charge >= 0.3 is 0 Å². The summed E-state index contributed by atoms with van der Waals surface area (Å²) < 4.78 is 31.5. The first-order chi connectivity index (χ1) is 11.2. The van der Waals surface area contributed by atoms with Crippen LogP contribution in [0.5, 0.6) is 5.75 Å². The monoisotopic (exact) mass is 343 g/mol. The first-order valence-corrected chi connectivity index (χ1v) is 8.95. The Kier molecular flexibility index (Phi) is 7.45. The zero-order chi connectivity index (χ0) is 16.5. The summed E-state index contributed by atoms with van der Waals surface area (Å²) in [5, 5.41) is 6.93. The number of nitrogens with zero attached hydrogens (tertiary/aromatic N) is 1. The number of hydrogen-bond acceptors (Lipinski definition) is 3. The highest BCUT2D eigenvalue weighted by molar-refractivity contribution is 8.00. The molecule has 0 aliphatic carbocycles. The summed E-state index contributed by atoms with van der Waals surface area (Å²) >= 11 is 1.97. The Hall–Kier alpha value is -1.50. The molecule has 1 atom stereocenters. The molecule has 1 aliphatic rings. The molecule has 2 rings (SSSR count). The quantitative estimate of drug-likeness (QED) is 0.454. The Morgan fingerprint density at radius 1 is 1.39 bits per heavy atom. The number of ether oxygens (including phenoxy) is 1. The van der Waals surface area contributed by atoms with E-state index < -0.39 is 11.6 Å². The molecule has 0 amide bonds. The van der Waals surface area contributed by atoms with Crippen LogP contribution in [0.15, 0.2) is 23.2 Å². The minimum Gasteiger partial charge on any atom is -0.489 e. The number of thioether (sulfide) groups is 1. The predicted molar refractivity (Wildman–Crippen MR) is 91.3 cm³/mol. The largest absolute Gasteiger partial charge is 0.489 e. The Morgan fingerprint density at radius 3 is 2.96 bits per heavy atom. The lowest BCUT2D eigenvalue weighted by molar-refractivity contribution is 0.304. The van der Waals surface area contributed by atoms with Gasteiger partial charge in [0.15, 0.2) is 17.5 Å². The topological polar surface area (TPSA) is 45.7 Å². The van der Waals surface area contributed by atoms with Crippen LogP contribution in [0.3, 0.4) is 0 Å². The van der Waals surface area contributed by atoms with Crippen LogP contribution >= 0.6 is 11.8 Å². The fourth-order valence-corrected chi connectivity index (χ4v) is 3.43. The standard InChI is InChI=1S/C16H23F2N3OS/c1-2-19-16(21-11-13-4-3-9-23-13)20-7-8-22-15-6-5-12(17)10-14(15)18/h5-6,10,13H,2-4,7-9,11H2,1H3,(H2,19,20,21).